The van der Waals surface area contributed by atoms with E-state index < -0.39 is 31.3 Å². The highest BCUT2D eigenvalue weighted by Crippen LogP contribution is 2.23. The molecule has 0 aliphatic carbocycles. The van der Waals surface area contributed by atoms with Gasteiger partial charge in [-0.1, -0.05) is 36.4 Å². The Balaban J connectivity index is 1.42. The van der Waals surface area contributed by atoms with Gasteiger partial charge in [-0.2, -0.15) is 11.8 Å². The van der Waals surface area contributed by atoms with Gasteiger partial charge in [-0.25, -0.2) is 31.4 Å². The maximum atomic E-state index is 12.5. The zero-order valence-corrected chi connectivity index (χ0v) is 24.7. The molecule has 40 heavy (non-hydrogen) atoms. The number of carbonyl (C=O) groups excluding carboxylic acids is 1. The molecule has 0 fully saturated rings. The minimum atomic E-state index is -3.45. The van der Waals surface area contributed by atoms with Crippen LogP contribution < -0.4 is 10.4 Å². The lowest BCUT2D eigenvalue weighted by Crippen LogP contribution is -2.20. The standard InChI is InChI=1S/C27H31NO9S3/c1-19(2)26(29)36-9-13-40(33,34)15-11-38-10-14-39(31,32)12-8-35-25-17-24-22(18-28-25)16-23(27(30)37-24)21-6-4-20(3)5-7-21/h4-7,16-18H,1,8-15H2,2-3H3. The largest absolute Gasteiger partial charge is 0.476 e. The van der Waals surface area contributed by atoms with Crippen molar-refractivity contribution in [2.75, 3.05) is 47.7 Å². The van der Waals surface area contributed by atoms with Crippen molar-refractivity contribution in [1.82, 2.24) is 4.98 Å². The van der Waals surface area contributed by atoms with Gasteiger partial charge in [-0.05, 0) is 25.5 Å². The van der Waals surface area contributed by atoms with Crippen LogP contribution in [0, 0.1) is 6.92 Å². The van der Waals surface area contributed by atoms with Crippen LogP contribution in [0.5, 0.6) is 5.88 Å². The van der Waals surface area contributed by atoms with E-state index in [9.17, 15) is 26.4 Å². The fourth-order valence-corrected chi connectivity index (χ4v) is 7.61. The number of hydrogen-bond donors (Lipinski definition) is 0. The van der Waals surface area contributed by atoms with Gasteiger partial charge in [0.05, 0.1) is 28.6 Å². The van der Waals surface area contributed by atoms with Crippen molar-refractivity contribution in [3.8, 4) is 17.0 Å². The van der Waals surface area contributed by atoms with E-state index in [1.54, 1.807) is 6.07 Å². The van der Waals surface area contributed by atoms with Crippen LogP contribution in [-0.2, 0) is 29.2 Å². The zero-order chi connectivity index (χ0) is 29.3. The number of ether oxygens (including phenoxy) is 2. The van der Waals surface area contributed by atoms with Crippen molar-refractivity contribution in [3.05, 3.63) is 70.7 Å². The smallest absolute Gasteiger partial charge is 0.344 e. The fraction of sp³-hybridized carbons (Fsp3) is 0.370. The van der Waals surface area contributed by atoms with Crippen molar-refractivity contribution in [2.24, 2.45) is 0 Å². The van der Waals surface area contributed by atoms with Crippen molar-refractivity contribution < 1.29 is 35.5 Å². The van der Waals surface area contributed by atoms with E-state index in [0.717, 1.165) is 11.1 Å². The van der Waals surface area contributed by atoms with Crippen LogP contribution in [0.15, 0.2) is 64.0 Å². The summed E-state index contributed by atoms with van der Waals surface area (Å²) in [6, 6.07) is 10.6. The highest BCUT2D eigenvalue weighted by Gasteiger charge is 2.15. The minimum absolute atomic E-state index is 0.127. The average molecular weight is 610 g/mol. The van der Waals surface area contributed by atoms with Crippen LogP contribution in [0.2, 0.25) is 0 Å². The quantitative estimate of drug-likeness (QED) is 0.142. The molecule has 2 aromatic heterocycles. The molecule has 0 aliphatic rings. The van der Waals surface area contributed by atoms with Crippen LogP contribution in [0.1, 0.15) is 12.5 Å². The highest BCUT2D eigenvalue weighted by molar-refractivity contribution is 8.01. The number of hydrogen-bond acceptors (Lipinski definition) is 11. The molecule has 1 aromatic carbocycles. The molecule has 13 heteroatoms. The van der Waals surface area contributed by atoms with Crippen LogP contribution in [-0.4, -0.2) is 75.5 Å². The minimum Gasteiger partial charge on any atom is -0.476 e. The number of fused-ring (bicyclic) bond motifs is 1. The number of sulfone groups is 2. The molecule has 0 N–H and O–H groups in total. The molecule has 0 bridgehead atoms. The van der Waals surface area contributed by atoms with Gasteiger partial charge in [-0.15, -0.1) is 0 Å². The summed E-state index contributed by atoms with van der Waals surface area (Å²) >= 11 is 1.21. The summed E-state index contributed by atoms with van der Waals surface area (Å²) in [4.78, 5) is 28.0. The monoisotopic (exact) mass is 609 g/mol. The number of rotatable bonds is 15. The predicted octanol–water partition coefficient (Wildman–Crippen LogP) is 3.22. The summed E-state index contributed by atoms with van der Waals surface area (Å²) < 4.78 is 64.4. The highest BCUT2D eigenvalue weighted by atomic mass is 32.2. The summed E-state index contributed by atoms with van der Waals surface area (Å²) in [6.07, 6.45) is 1.50. The first kappa shape index (κ1) is 31.4. The average Bonchev–Trinajstić information content (AvgIpc) is 2.88. The van der Waals surface area contributed by atoms with E-state index >= 15 is 0 Å². The molecular formula is C27H31NO9S3. The van der Waals surface area contributed by atoms with Gasteiger partial charge in [0, 0.05) is 34.7 Å². The van der Waals surface area contributed by atoms with Crippen LogP contribution in [0.3, 0.4) is 0 Å². The molecular weight excluding hydrogens is 578 g/mol. The fourth-order valence-electron chi connectivity index (χ4n) is 3.34. The molecule has 0 radical (unpaired) electrons. The maximum absolute atomic E-state index is 12.5. The summed E-state index contributed by atoms with van der Waals surface area (Å²) in [5.74, 6) is -0.915. The molecule has 0 spiro atoms. The van der Waals surface area contributed by atoms with Crippen LogP contribution in [0.25, 0.3) is 22.1 Å². The Bertz CT molecular complexity index is 1630. The maximum Gasteiger partial charge on any atom is 0.344 e. The normalized spacial score (nSPS) is 11.8. The van der Waals surface area contributed by atoms with Crippen molar-refractivity contribution in [1.29, 1.82) is 0 Å². The first-order valence-corrected chi connectivity index (χ1v) is 17.1. The van der Waals surface area contributed by atoms with E-state index in [1.807, 2.05) is 31.2 Å². The van der Waals surface area contributed by atoms with Gasteiger partial charge in [0.2, 0.25) is 5.88 Å². The molecule has 0 saturated carbocycles. The van der Waals surface area contributed by atoms with Gasteiger partial charge in [0.15, 0.2) is 19.7 Å². The summed E-state index contributed by atoms with van der Waals surface area (Å²) in [5.41, 5.74) is 2.17. The third-order valence-corrected chi connectivity index (χ3v) is 10.4. The lowest BCUT2D eigenvalue weighted by molar-refractivity contribution is -0.138. The second-order valence-electron chi connectivity index (χ2n) is 9.05. The van der Waals surface area contributed by atoms with Gasteiger partial charge in [0.25, 0.3) is 0 Å². The number of carbonyl (C=O) groups is 1. The lowest BCUT2D eigenvalue weighted by Gasteiger charge is -2.08. The zero-order valence-electron chi connectivity index (χ0n) is 22.3. The number of aryl methyl sites for hydroxylation is 1. The summed E-state index contributed by atoms with van der Waals surface area (Å²) in [5, 5.41) is 0.599. The number of thioether (sulfide) groups is 1. The molecule has 0 unspecified atom stereocenters. The van der Waals surface area contributed by atoms with Gasteiger partial charge < -0.3 is 13.9 Å². The number of esters is 1. The van der Waals surface area contributed by atoms with Crippen molar-refractivity contribution >= 4 is 48.4 Å². The van der Waals surface area contributed by atoms with E-state index in [-0.39, 0.29) is 64.8 Å². The van der Waals surface area contributed by atoms with E-state index in [4.69, 9.17) is 13.9 Å². The number of pyridine rings is 1. The molecule has 0 aliphatic heterocycles. The van der Waals surface area contributed by atoms with Gasteiger partial charge >= 0.3 is 11.6 Å². The Labute approximate surface area is 237 Å². The first-order chi connectivity index (χ1) is 18.8. The molecule has 0 saturated heterocycles. The predicted molar refractivity (Wildman–Crippen MR) is 156 cm³/mol. The Morgan fingerprint density at radius 3 is 2.23 bits per heavy atom. The van der Waals surface area contributed by atoms with Gasteiger partial charge in [0.1, 0.15) is 18.8 Å². The Morgan fingerprint density at radius 2 is 1.60 bits per heavy atom. The third kappa shape index (κ3) is 9.79. The number of nitrogens with zero attached hydrogens (tertiary/aromatic N) is 1. The number of benzene rings is 1. The van der Waals surface area contributed by atoms with E-state index in [0.29, 0.717) is 10.9 Å². The molecule has 216 valence electrons. The first-order valence-electron chi connectivity index (χ1n) is 12.3. The topological polar surface area (TPSA) is 147 Å². The summed E-state index contributed by atoms with van der Waals surface area (Å²) in [6.45, 7) is 6.45. The SMILES string of the molecule is C=C(C)C(=O)OCCS(=O)(=O)CCSCCS(=O)(=O)CCOc1cc2oc(=O)c(-c3ccc(C)cc3)cc2cn1. The molecule has 10 nitrogen and oxygen atoms in total. The summed E-state index contributed by atoms with van der Waals surface area (Å²) in [7, 11) is -6.88. The lowest BCUT2D eigenvalue weighted by atomic mass is 10.1. The van der Waals surface area contributed by atoms with Gasteiger partial charge in [-0.3, -0.25) is 0 Å². The second kappa shape index (κ2) is 14.0. The second-order valence-corrected chi connectivity index (χ2v) is 14.9. The molecule has 3 rings (SSSR count). The Kier molecular flexibility index (Phi) is 10.9. The number of aromatic nitrogens is 1. The Morgan fingerprint density at radius 1 is 0.975 bits per heavy atom. The molecule has 2 heterocycles. The third-order valence-electron chi connectivity index (χ3n) is 5.65. The molecule has 3 aromatic rings. The Hall–Kier alpha value is -3.16. The van der Waals surface area contributed by atoms with Crippen molar-refractivity contribution in [3.63, 3.8) is 0 Å². The van der Waals surface area contributed by atoms with Crippen LogP contribution >= 0.6 is 11.8 Å². The van der Waals surface area contributed by atoms with E-state index in [2.05, 4.69) is 11.6 Å². The molecule has 0 amide bonds. The van der Waals surface area contributed by atoms with Crippen molar-refractivity contribution in [2.45, 2.75) is 13.8 Å². The van der Waals surface area contributed by atoms with E-state index in [1.165, 1.54) is 30.9 Å². The van der Waals surface area contributed by atoms with Crippen LogP contribution in [0.4, 0.5) is 0 Å². The molecule has 0 atom stereocenters.